The summed E-state index contributed by atoms with van der Waals surface area (Å²) in [5, 5.41) is 10.3. The molecule has 0 saturated heterocycles. The zero-order valence-corrected chi connectivity index (χ0v) is 15.1. The van der Waals surface area contributed by atoms with Crippen molar-refractivity contribution >= 4 is 27.7 Å². The Balaban J connectivity index is 2.12. The summed E-state index contributed by atoms with van der Waals surface area (Å²) in [4.78, 5) is 23.8. The predicted molar refractivity (Wildman–Crippen MR) is 96.2 cm³/mol. The van der Waals surface area contributed by atoms with Gasteiger partial charge in [-0.05, 0) is 36.2 Å². The van der Waals surface area contributed by atoms with Crippen LogP contribution in [0, 0.1) is 6.92 Å². The minimum absolute atomic E-state index is 0.0419. The lowest BCUT2D eigenvalue weighted by atomic mass is 10.1. The van der Waals surface area contributed by atoms with Crippen LogP contribution in [0.15, 0.2) is 47.4 Å². The Morgan fingerprint density at radius 2 is 1.85 bits per heavy atom. The summed E-state index contributed by atoms with van der Waals surface area (Å²) < 4.78 is 27.4. The van der Waals surface area contributed by atoms with Crippen LogP contribution in [0.4, 0.5) is 10.5 Å². The highest BCUT2D eigenvalue weighted by Gasteiger charge is 2.14. The third-order valence-corrected chi connectivity index (χ3v) is 4.66. The number of ether oxygens (including phenoxy) is 1. The summed E-state index contributed by atoms with van der Waals surface area (Å²) in [5.41, 5.74) is 1.79. The quantitative estimate of drug-likeness (QED) is 0.731. The second kappa shape index (κ2) is 7.98. The molecule has 0 fully saturated rings. The molecule has 0 spiro atoms. The number of carbonyl (C=O) groups is 2. The van der Waals surface area contributed by atoms with Crippen LogP contribution in [0.1, 0.15) is 21.5 Å². The molecule has 0 unspecified atom stereocenters. The summed E-state index contributed by atoms with van der Waals surface area (Å²) in [5.74, 6) is -0.398. The standard InChI is InChI=1S/C17H19N3O5S/c1-11-9-12(7-8-15(11)26(18,23)24)10-19-16(21)13-5-3-4-6-14(13)20-17(22)25-2/h3-9H,10H2,1-2H3,(H,19,21)(H,20,22)(H2,18,23,24). The fraction of sp³-hybridized carbons (Fsp3) is 0.176. The number of nitrogens with two attached hydrogens (primary N) is 1. The fourth-order valence-corrected chi connectivity index (χ4v) is 3.13. The number of amides is 2. The van der Waals surface area contributed by atoms with E-state index >= 15 is 0 Å². The first-order valence-electron chi connectivity index (χ1n) is 7.57. The molecule has 0 bridgehead atoms. The molecule has 2 rings (SSSR count). The van der Waals surface area contributed by atoms with Crippen LogP contribution >= 0.6 is 0 Å². The topological polar surface area (TPSA) is 128 Å². The second-order valence-corrected chi connectivity index (χ2v) is 7.02. The molecule has 9 heteroatoms. The van der Waals surface area contributed by atoms with Gasteiger partial charge < -0.3 is 10.1 Å². The summed E-state index contributed by atoms with van der Waals surface area (Å²) in [7, 11) is -2.56. The number of rotatable bonds is 5. The average Bonchev–Trinajstić information content (AvgIpc) is 2.59. The molecule has 4 N–H and O–H groups in total. The highest BCUT2D eigenvalue weighted by molar-refractivity contribution is 7.89. The van der Waals surface area contributed by atoms with Crippen LogP contribution in [0.2, 0.25) is 0 Å². The number of hydrogen-bond acceptors (Lipinski definition) is 5. The average molecular weight is 377 g/mol. The van der Waals surface area contributed by atoms with E-state index in [9.17, 15) is 18.0 Å². The highest BCUT2D eigenvalue weighted by atomic mass is 32.2. The molecule has 2 amide bonds. The first-order chi connectivity index (χ1) is 12.2. The van der Waals surface area contributed by atoms with E-state index in [4.69, 9.17) is 5.14 Å². The zero-order chi connectivity index (χ0) is 19.3. The molecule has 0 radical (unpaired) electrons. The van der Waals surface area contributed by atoms with Crippen molar-refractivity contribution in [3.05, 3.63) is 59.2 Å². The van der Waals surface area contributed by atoms with Crippen molar-refractivity contribution in [2.24, 2.45) is 5.14 Å². The van der Waals surface area contributed by atoms with Gasteiger partial charge in [-0.25, -0.2) is 18.4 Å². The van der Waals surface area contributed by atoms with E-state index in [0.29, 0.717) is 16.8 Å². The second-order valence-electron chi connectivity index (χ2n) is 5.49. The molecule has 0 aliphatic carbocycles. The number of hydrogen-bond donors (Lipinski definition) is 3. The summed E-state index contributed by atoms with van der Waals surface area (Å²) in [6, 6.07) is 11.1. The number of aryl methyl sites for hydroxylation is 1. The molecule has 0 aromatic heterocycles. The number of nitrogens with one attached hydrogen (secondary N) is 2. The molecule has 2 aromatic rings. The Bertz CT molecular complexity index is 941. The number of anilines is 1. The summed E-state index contributed by atoms with van der Waals surface area (Å²) in [6.07, 6.45) is -0.681. The Morgan fingerprint density at radius 1 is 1.15 bits per heavy atom. The number of sulfonamides is 1. The van der Waals surface area contributed by atoms with Gasteiger partial charge in [-0.2, -0.15) is 0 Å². The predicted octanol–water partition coefficient (Wildman–Crippen LogP) is 1.75. The van der Waals surface area contributed by atoms with E-state index < -0.39 is 22.0 Å². The third kappa shape index (κ3) is 4.80. The maximum atomic E-state index is 12.4. The van der Waals surface area contributed by atoms with Crippen LogP contribution in [0.5, 0.6) is 0 Å². The van der Waals surface area contributed by atoms with Gasteiger partial charge in [-0.1, -0.05) is 24.3 Å². The van der Waals surface area contributed by atoms with Crippen molar-refractivity contribution in [1.82, 2.24) is 5.32 Å². The Hall–Kier alpha value is -2.91. The number of primary sulfonamides is 1. The minimum atomic E-state index is -3.78. The zero-order valence-electron chi connectivity index (χ0n) is 14.3. The lowest BCUT2D eigenvalue weighted by Crippen LogP contribution is -2.25. The van der Waals surface area contributed by atoms with Crippen molar-refractivity contribution in [2.45, 2.75) is 18.4 Å². The molecule has 2 aromatic carbocycles. The molecule has 0 heterocycles. The number of methoxy groups -OCH3 is 1. The lowest BCUT2D eigenvalue weighted by Gasteiger charge is -2.11. The van der Waals surface area contributed by atoms with Crippen molar-refractivity contribution < 1.29 is 22.7 Å². The van der Waals surface area contributed by atoms with Gasteiger partial charge in [0.1, 0.15) is 0 Å². The van der Waals surface area contributed by atoms with Gasteiger partial charge in [0, 0.05) is 6.54 Å². The van der Waals surface area contributed by atoms with Crippen molar-refractivity contribution in [3.63, 3.8) is 0 Å². The molecule has 26 heavy (non-hydrogen) atoms. The monoisotopic (exact) mass is 377 g/mol. The van der Waals surface area contributed by atoms with Crippen molar-refractivity contribution in [3.8, 4) is 0 Å². The van der Waals surface area contributed by atoms with E-state index in [1.807, 2.05) is 0 Å². The molecular weight excluding hydrogens is 358 g/mol. The van der Waals surface area contributed by atoms with Gasteiger partial charge in [-0.15, -0.1) is 0 Å². The molecule has 0 aliphatic rings. The molecule has 0 aliphatic heterocycles. The van der Waals surface area contributed by atoms with Crippen LogP contribution in [0.25, 0.3) is 0 Å². The molecular formula is C17H19N3O5S. The molecule has 0 atom stereocenters. The Kier molecular flexibility index (Phi) is 5.96. The lowest BCUT2D eigenvalue weighted by molar-refractivity contribution is 0.0951. The largest absolute Gasteiger partial charge is 0.453 e. The number of para-hydroxylation sites is 1. The van der Waals surface area contributed by atoms with Gasteiger partial charge in [0.05, 0.1) is 23.3 Å². The number of benzene rings is 2. The maximum Gasteiger partial charge on any atom is 0.411 e. The smallest absolute Gasteiger partial charge is 0.411 e. The van der Waals surface area contributed by atoms with Crippen LogP contribution in [-0.4, -0.2) is 27.5 Å². The highest BCUT2D eigenvalue weighted by Crippen LogP contribution is 2.17. The van der Waals surface area contributed by atoms with Crippen LogP contribution in [-0.2, 0) is 21.3 Å². The van der Waals surface area contributed by atoms with E-state index in [1.54, 1.807) is 43.3 Å². The van der Waals surface area contributed by atoms with Gasteiger partial charge in [0.25, 0.3) is 5.91 Å². The van der Waals surface area contributed by atoms with Gasteiger partial charge in [0.2, 0.25) is 10.0 Å². The van der Waals surface area contributed by atoms with E-state index in [1.165, 1.54) is 13.2 Å². The van der Waals surface area contributed by atoms with Crippen LogP contribution < -0.4 is 15.8 Å². The summed E-state index contributed by atoms with van der Waals surface area (Å²) in [6.45, 7) is 1.80. The molecule has 8 nitrogen and oxygen atoms in total. The summed E-state index contributed by atoms with van der Waals surface area (Å²) >= 11 is 0. The van der Waals surface area contributed by atoms with Crippen molar-refractivity contribution in [2.75, 3.05) is 12.4 Å². The van der Waals surface area contributed by atoms with Gasteiger partial charge >= 0.3 is 6.09 Å². The SMILES string of the molecule is COC(=O)Nc1ccccc1C(=O)NCc1ccc(S(N)(=O)=O)c(C)c1. The molecule has 138 valence electrons. The van der Waals surface area contributed by atoms with Crippen LogP contribution in [0.3, 0.4) is 0 Å². The van der Waals surface area contributed by atoms with Gasteiger partial charge in [0.15, 0.2) is 0 Å². The fourth-order valence-electron chi connectivity index (χ4n) is 2.37. The van der Waals surface area contributed by atoms with E-state index in [2.05, 4.69) is 15.4 Å². The van der Waals surface area contributed by atoms with Crippen molar-refractivity contribution in [1.29, 1.82) is 0 Å². The first-order valence-corrected chi connectivity index (χ1v) is 9.11. The Labute approximate surface area is 151 Å². The van der Waals surface area contributed by atoms with Gasteiger partial charge in [-0.3, -0.25) is 10.1 Å². The number of carbonyl (C=O) groups excluding carboxylic acids is 2. The normalized spacial score (nSPS) is 10.9. The first kappa shape index (κ1) is 19.4. The Morgan fingerprint density at radius 3 is 2.46 bits per heavy atom. The minimum Gasteiger partial charge on any atom is -0.453 e. The third-order valence-electron chi connectivity index (χ3n) is 3.59. The van der Waals surface area contributed by atoms with E-state index in [-0.39, 0.29) is 17.0 Å². The van der Waals surface area contributed by atoms with E-state index in [0.717, 1.165) is 0 Å². The maximum absolute atomic E-state index is 12.4. The molecule has 0 saturated carbocycles.